The van der Waals surface area contributed by atoms with Crippen molar-refractivity contribution in [2.45, 2.75) is 51.0 Å². The van der Waals surface area contributed by atoms with Crippen LogP contribution in [0.5, 0.6) is 0 Å². The fourth-order valence-corrected chi connectivity index (χ4v) is 3.05. The summed E-state index contributed by atoms with van der Waals surface area (Å²) in [6.07, 6.45) is 3.08. The summed E-state index contributed by atoms with van der Waals surface area (Å²) in [6.45, 7) is 2.09. The maximum Gasteiger partial charge on any atom is 0.329 e. The van der Waals surface area contributed by atoms with E-state index in [1.807, 2.05) is 18.2 Å². The highest BCUT2D eigenvalue weighted by atomic mass is 16.4. The Balaban J connectivity index is 1.89. The number of Topliss-reactive ketones (excluding diaryl/α,β-unsaturated/α-hetero) is 1. The fraction of sp³-hybridized carbons (Fsp3) is 0.500. The molecule has 1 aromatic rings. The van der Waals surface area contributed by atoms with Crippen LogP contribution < -0.4 is 0 Å². The average Bonchev–Trinajstić information content (AvgIpc) is 2.55. The van der Waals surface area contributed by atoms with Crippen molar-refractivity contribution < 1.29 is 19.5 Å². The van der Waals surface area contributed by atoms with Crippen molar-refractivity contribution >= 4 is 17.7 Å². The van der Waals surface area contributed by atoms with Crippen LogP contribution in [0.2, 0.25) is 0 Å². The highest BCUT2D eigenvalue weighted by molar-refractivity contribution is 5.96. The third-order valence-corrected chi connectivity index (χ3v) is 4.54. The molecule has 0 saturated carbocycles. The van der Waals surface area contributed by atoms with Crippen molar-refractivity contribution in [2.24, 2.45) is 0 Å². The summed E-state index contributed by atoms with van der Waals surface area (Å²) in [5.74, 6) is -1.11. The van der Waals surface area contributed by atoms with Crippen molar-refractivity contribution in [3.05, 3.63) is 35.9 Å². The Bertz CT molecular complexity index is 584. The number of amides is 1. The number of aliphatic carboxylic acids is 1. The van der Waals surface area contributed by atoms with Gasteiger partial charge in [0.1, 0.15) is 5.54 Å². The molecule has 5 nitrogen and oxygen atoms in total. The minimum Gasteiger partial charge on any atom is -0.480 e. The summed E-state index contributed by atoms with van der Waals surface area (Å²) in [4.78, 5) is 37.4. The molecule has 0 radical (unpaired) electrons. The van der Waals surface area contributed by atoms with Gasteiger partial charge in [0.05, 0.1) is 0 Å². The lowest BCUT2D eigenvalue weighted by molar-refractivity contribution is -0.161. The van der Waals surface area contributed by atoms with E-state index in [0.29, 0.717) is 31.4 Å². The molecule has 1 saturated heterocycles. The van der Waals surface area contributed by atoms with Gasteiger partial charge in [0.15, 0.2) is 5.78 Å². The minimum absolute atomic E-state index is 0.0121. The third-order valence-electron chi connectivity index (χ3n) is 4.54. The number of hydrogen-bond donors (Lipinski definition) is 1. The Morgan fingerprint density at radius 1 is 1.13 bits per heavy atom. The Hall–Kier alpha value is -2.17. The maximum atomic E-state index is 12.4. The van der Waals surface area contributed by atoms with Crippen molar-refractivity contribution in [1.29, 1.82) is 0 Å². The monoisotopic (exact) mass is 317 g/mol. The van der Waals surface area contributed by atoms with Gasteiger partial charge in [-0.05, 0) is 32.6 Å². The molecule has 0 unspecified atom stereocenters. The average molecular weight is 317 g/mol. The second-order valence-electron chi connectivity index (χ2n) is 6.22. The molecule has 1 aromatic carbocycles. The molecule has 2 rings (SSSR count). The van der Waals surface area contributed by atoms with Crippen LogP contribution in [0.3, 0.4) is 0 Å². The molecule has 0 bridgehead atoms. The van der Waals surface area contributed by atoms with Gasteiger partial charge < -0.3 is 10.0 Å². The second kappa shape index (κ2) is 7.40. The van der Waals surface area contributed by atoms with E-state index in [1.165, 1.54) is 4.90 Å². The summed E-state index contributed by atoms with van der Waals surface area (Å²) in [5, 5.41) is 9.43. The number of carboxylic acids is 1. The van der Waals surface area contributed by atoms with Crippen LogP contribution in [-0.4, -0.2) is 39.7 Å². The quantitative estimate of drug-likeness (QED) is 0.819. The first-order valence-electron chi connectivity index (χ1n) is 8.07. The standard InChI is InChI=1S/C18H23NO4/c1-18(17(22)23)12-5-6-13-19(18)16(21)11-7-10-15(20)14-8-3-2-4-9-14/h2-4,8-9H,5-7,10-13H2,1H3,(H,22,23)/t18-/m0/s1. The summed E-state index contributed by atoms with van der Waals surface area (Å²) in [7, 11) is 0. The lowest BCUT2D eigenvalue weighted by Gasteiger charge is -2.41. The van der Waals surface area contributed by atoms with Crippen LogP contribution in [0.1, 0.15) is 55.8 Å². The predicted octanol–water partition coefficient (Wildman–Crippen LogP) is 2.90. The van der Waals surface area contributed by atoms with E-state index < -0.39 is 11.5 Å². The van der Waals surface area contributed by atoms with Gasteiger partial charge in [-0.25, -0.2) is 4.79 Å². The molecule has 1 N–H and O–H groups in total. The van der Waals surface area contributed by atoms with Crippen molar-refractivity contribution in [3.8, 4) is 0 Å². The first kappa shape index (κ1) is 17.2. The van der Waals surface area contributed by atoms with Crippen LogP contribution in [0.15, 0.2) is 30.3 Å². The summed E-state index contributed by atoms with van der Waals surface area (Å²) in [5.41, 5.74) is -0.466. The van der Waals surface area contributed by atoms with Gasteiger partial charge in [0.2, 0.25) is 5.91 Å². The molecule has 0 aromatic heterocycles. The zero-order valence-electron chi connectivity index (χ0n) is 13.5. The molecule has 1 atom stereocenters. The molecular weight excluding hydrogens is 294 g/mol. The molecule has 1 aliphatic heterocycles. The van der Waals surface area contributed by atoms with Crippen LogP contribution in [0, 0.1) is 0 Å². The molecule has 0 spiro atoms. The summed E-state index contributed by atoms with van der Waals surface area (Å²) < 4.78 is 0. The van der Waals surface area contributed by atoms with E-state index in [4.69, 9.17) is 0 Å². The van der Waals surface area contributed by atoms with E-state index in [2.05, 4.69) is 0 Å². The predicted molar refractivity (Wildman–Crippen MR) is 86.2 cm³/mol. The van der Waals surface area contributed by atoms with E-state index in [0.717, 1.165) is 12.8 Å². The fourth-order valence-electron chi connectivity index (χ4n) is 3.05. The molecule has 1 amide bonds. The number of benzene rings is 1. The van der Waals surface area contributed by atoms with Gasteiger partial charge in [-0.2, -0.15) is 0 Å². The Morgan fingerprint density at radius 3 is 2.48 bits per heavy atom. The first-order valence-corrected chi connectivity index (χ1v) is 8.07. The smallest absolute Gasteiger partial charge is 0.329 e. The Labute approximate surface area is 136 Å². The van der Waals surface area contributed by atoms with Gasteiger partial charge in [0, 0.05) is 24.9 Å². The number of hydrogen-bond acceptors (Lipinski definition) is 3. The number of carbonyl (C=O) groups excluding carboxylic acids is 2. The lowest BCUT2D eigenvalue weighted by atomic mass is 9.88. The molecule has 1 aliphatic rings. The van der Waals surface area contributed by atoms with E-state index in [1.54, 1.807) is 19.1 Å². The van der Waals surface area contributed by atoms with E-state index in [9.17, 15) is 19.5 Å². The number of rotatable bonds is 6. The third kappa shape index (κ3) is 3.97. The van der Waals surface area contributed by atoms with Crippen molar-refractivity contribution in [3.63, 3.8) is 0 Å². The van der Waals surface area contributed by atoms with E-state index in [-0.39, 0.29) is 18.1 Å². The van der Waals surface area contributed by atoms with E-state index >= 15 is 0 Å². The molecular formula is C18H23NO4. The largest absolute Gasteiger partial charge is 0.480 e. The molecule has 1 heterocycles. The Kier molecular flexibility index (Phi) is 5.53. The normalized spacial score (nSPS) is 21.0. The SMILES string of the molecule is C[C@@]1(C(=O)O)CCCCN1C(=O)CCCC(=O)c1ccccc1. The molecule has 5 heteroatoms. The van der Waals surface area contributed by atoms with Crippen LogP contribution in [0.4, 0.5) is 0 Å². The minimum atomic E-state index is -1.11. The second-order valence-corrected chi connectivity index (χ2v) is 6.22. The molecule has 23 heavy (non-hydrogen) atoms. The number of likely N-dealkylation sites (tertiary alicyclic amines) is 1. The molecule has 1 fully saturated rings. The van der Waals surface area contributed by atoms with Crippen LogP contribution >= 0.6 is 0 Å². The lowest BCUT2D eigenvalue weighted by Crippen LogP contribution is -2.57. The van der Waals surface area contributed by atoms with Crippen molar-refractivity contribution in [1.82, 2.24) is 4.90 Å². The van der Waals surface area contributed by atoms with Gasteiger partial charge in [-0.1, -0.05) is 30.3 Å². The van der Waals surface area contributed by atoms with Gasteiger partial charge in [0.25, 0.3) is 0 Å². The zero-order chi connectivity index (χ0) is 16.9. The highest BCUT2D eigenvalue weighted by Crippen LogP contribution is 2.29. The van der Waals surface area contributed by atoms with Gasteiger partial charge in [-0.15, -0.1) is 0 Å². The summed E-state index contributed by atoms with van der Waals surface area (Å²) >= 11 is 0. The number of carboxylic acid groups (broad SMARTS) is 1. The zero-order valence-corrected chi connectivity index (χ0v) is 13.5. The molecule has 0 aliphatic carbocycles. The van der Waals surface area contributed by atoms with Gasteiger partial charge in [-0.3, -0.25) is 9.59 Å². The first-order chi connectivity index (χ1) is 10.9. The topological polar surface area (TPSA) is 74.7 Å². The van der Waals surface area contributed by atoms with Crippen molar-refractivity contribution in [2.75, 3.05) is 6.54 Å². The number of nitrogens with zero attached hydrogens (tertiary/aromatic N) is 1. The highest BCUT2D eigenvalue weighted by Gasteiger charge is 2.43. The molecule has 124 valence electrons. The number of ketones is 1. The van der Waals surface area contributed by atoms with Gasteiger partial charge >= 0.3 is 5.97 Å². The van der Waals surface area contributed by atoms with Crippen LogP contribution in [-0.2, 0) is 9.59 Å². The van der Waals surface area contributed by atoms with Crippen LogP contribution in [0.25, 0.3) is 0 Å². The Morgan fingerprint density at radius 2 is 1.83 bits per heavy atom. The number of piperidine rings is 1. The maximum absolute atomic E-state index is 12.4. The number of carbonyl (C=O) groups is 3. The summed E-state index contributed by atoms with van der Waals surface area (Å²) in [6, 6.07) is 8.99.